The lowest BCUT2D eigenvalue weighted by Gasteiger charge is -2.24. The van der Waals surface area contributed by atoms with Gasteiger partial charge in [0.05, 0.1) is 13.0 Å². The molecule has 2 unspecified atom stereocenters. The zero-order valence-electron chi connectivity index (χ0n) is 13.1. The van der Waals surface area contributed by atoms with Gasteiger partial charge in [-0.3, -0.25) is 14.5 Å². The van der Waals surface area contributed by atoms with E-state index < -0.39 is 18.1 Å². The number of nitrogens with zero attached hydrogens (tertiary/aromatic N) is 2. The zero-order chi connectivity index (χ0) is 16.7. The van der Waals surface area contributed by atoms with E-state index in [0.29, 0.717) is 12.1 Å². The normalized spacial score (nSPS) is 21.4. The highest BCUT2D eigenvalue weighted by Gasteiger charge is 2.37. The molecule has 0 saturated carbocycles. The summed E-state index contributed by atoms with van der Waals surface area (Å²) in [6, 6.07) is 5.54. The summed E-state index contributed by atoms with van der Waals surface area (Å²) < 4.78 is 4.94. The molecule has 0 aromatic heterocycles. The van der Waals surface area contributed by atoms with Crippen LogP contribution >= 0.6 is 0 Å². The Balaban J connectivity index is 1.89. The molecule has 1 fully saturated rings. The van der Waals surface area contributed by atoms with Gasteiger partial charge in [0.15, 0.2) is 6.10 Å². The highest BCUT2D eigenvalue weighted by Crippen LogP contribution is 2.35. The molecule has 2 atom stereocenters. The number of fused-ring (bicyclic) bond motifs is 1. The van der Waals surface area contributed by atoms with Gasteiger partial charge in [-0.25, -0.2) is 4.79 Å². The maximum atomic E-state index is 12.2. The van der Waals surface area contributed by atoms with E-state index >= 15 is 0 Å². The summed E-state index contributed by atoms with van der Waals surface area (Å²) in [6.07, 6.45) is -0.354. The molecule has 2 aliphatic heterocycles. The Morgan fingerprint density at radius 1 is 1.43 bits per heavy atom. The summed E-state index contributed by atoms with van der Waals surface area (Å²) in [4.78, 5) is 38.5. The van der Waals surface area contributed by atoms with Crippen molar-refractivity contribution in [3.8, 4) is 0 Å². The highest BCUT2D eigenvalue weighted by molar-refractivity contribution is 6.03. The van der Waals surface area contributed by atoms with Gasteiger partial charge in [-0.05, 0) is 37.1 Å². The fourth-order valence-corrected chi connectivity index (χ4v) is 2.99. The Morgan fingerprint density at radius 2 is 2.17 bits per heavy atom. The molecule has 3 amide bonds. The standard InChI is InChI=1S/C16H19N3O4/c1-3-9(2)19-12-5-4-11(6-10(12)7-14(19)20)18-8-13(15(17)21)23-16(18)22/h4-6,9,13H,3,7-8H2,1-2H3,(H2,17,21). The first-order valence-corrected chi connectivity index (χ1v) is 7.64. The van der Waals surface area contributed by atoms with E-state index in [0.717, 1.165) is 17.7 Å². The predicted octanol–water partition coefficient (Wildman–Crippen LogP) is 1.18. The molecule has 0 aliphatic carbocycles. The van der Waals surface area contributed by atoms with Gasteiger partial charge in [-0.15, -0.1) is 0 Å². The summed E-state index contributed by atoms with van der Waals surface area (Å²) >= 11 is 0. The van der Waals surface area contributed by atoms with E-state index in [9.17, 15) is 14.4 Å². The number of amides is 3. The Hall–Kier alpha value is -2.57. The topological polar surface area (TPSA) is 92.9 Å². The summed E-state index contributed by atoms with van der Waals surface area (Å²) in [5.74, 6) is -0.606. The zero-order valence-corrected chi connectivity index (χ0v) is 13.1. The third-order valence-corrected chi connectivity index (χ3v) is 4.41. The molecule has 1 aromatic rings. The van der Waals surface area contributed by atoms with Crippen molar-refractivity contribution in [1.82, 2.24) is 0 Å². The minimum Gasteiger partial charge on any atom is -0.434 e. The number of hydrogen-bond donors (Lipinski definition) is 1. The van der Waals surface area contributed by atoms with Crippen LogP contribution in [0.1, 0.15) is 25.8 Å². The summed E-state index contributed by atoms with van der Waals surface area (Å²) in [6.45, 7) is 4.14. The predicted molar refractivity (Wildman–Crippen MR) is 84.2 cm³/mol. The van der Waals surface area contributed by atoms with E-state index in [4.69, 9.17) is 10.5 Å². The second kappa shape index (κ2) is 5.57. The molecular formula is C16H19N3O4. The lowest BCUT2D eigenvalue weighted by atomic mass is 10.1. The van der Waals surface area contributed by atoms with Crippen molar-refractivity contribution >= 4 is 29.3 Å². The Bertz CT molecular complexity index is 688. The van der Waals surface area contributed by atoms with Gasteiger partial charge >= 0.3 is 6.09 Å². The molecule has 2 heterocycles. The first-order chi connectivity index (χ1) is 10.9. The Kier molecular flexibility index (Phi) is 3.71. The lowest BCUT2D eigenvalue weighted by Crippen LogP contribution is -2.35. The third-order valence-electron chi connectivity index (χ3n) is 4.41. The first kappa shape index (κ1) is 15.3. The van der Waals surface area contributed by atoms with Crippen molar-refractivity contribution in [2.75, 3.05) is 16.3 Å². The summed E-state index contributed by atoms with van der Waals surface area (Å²) in [7, 11) is 0. The SMILES string of the molecule is CCC(C)N1C(=O)Cc2cc(N3CC(C(N)=O)OC3=O)ccc21. The fourth-order valence-electron chi connectivity index (χ4n) is 2.99. The highest BCUT2D eigenvalue weighted by atomic mass is 16.6. The van der Waals surface area contributed by atoms with Crippen LogP contribution in [0.5, 0.6) is 0 Å². The number of nitrogens with two attached hydrogens (primary N) is 1. The molecular weight excluding hydrogens is 298 g/mol. The van der Waals surface area contributed by atoms with Crippen LogP contribution in [-0.4, -0.2) is 36.6 Å². The van der Waals surface area contributed by atoms with Gasteiger partial charge in [0.25, 0.3) is 5.91 Å². The molecule has 23 heavy (non-hydrogen) atoms. The molecule has 1 aromatic carbocycles. The van der Waals surface area contributed by atoms with Crippen LogP contribution in [0.25, 0.3) is 0 Å². The molecule has 7 nitrogen and oxygen atoms in total. The van der Waals surface area contributed by atoms with Crippen molar-refractivity contribution in [2.24, 2.45) is 5.73 Å². The van der Waals surface area contributed by atoms with Crippen LogP contribution < -0.4 is 15.5 Å². The van der Waals surface area contributed by atoms with Crippen molar-refractivity contribution < 1.29 is 19.1 Å². The van der Waals surface area contributed by atoms with Gasteiger partial charge in [0, 0.05) is 17.4 Å². The number of rotatable bonds is 4. The van der Waals surface area contributed by atoms with Crippen molar-refractivity contribution in [3.63, 3.8) is 0 Å². The van der Waals surface area contributed by atoms with E-state index in [2.05, 4.69) is 0 Å². The van der Waals surface area contributed by atoms with Crippen LogP contribution in [-0.2, 0) is 20.7 Å². The van der Waals surface area contributed by atoms with Crippen LogP contribution in [0.4, 0.5) is 16.2 Å². The minimum absolute atomic E-state index is 0.0607. The number of carbonyl (C=O) groups is 3. The molecule has 0 bridgehead atoms. The third kappa shape index (κ3) is 2.52. The second-order valence-electron chi connectivity index (χ2n) is 5.90. The molecule has 1 saturated heterocycles. The van der Waals surface area contributed by atoms with E-state index in [1.54, 1.807) is 17.0 Å². The van der Waals surface area contributed by atoms with Crippen molar-refractivity contribution in [1.29, 1.82) is 0 Å². The van der Waals surface area contributed by atoms with Gasteiger partial charge in [-0.1, -0.05) is 6.92 Å². The first-order valence-electron chi connectivity index (χ1n) is 7.64. The van der Waals surface area contributed by atoms with Gasteiger partial charge in [0.2, 0.25) is 5.91 Å². The van der Waals surface area contributed by atoms with E-state index in [1.807, 2.05) is 19.9 Å². The van der Waals surface area contributed by atoms with Gasteiger partial charge in [0.1, 0.15) is 0 Å². The number of carbonyl (C=O) groups excluding carboxylic acids is 3. The molecule has 2 aliphatic rings. The molecule has 3 rings (SSSR count). The second-order valence-corrected chi connectivity index (χ2v) is 5.90. The molecule has 2 N–H and O–H groups in total. The number of primary amides is 1. The maximum absolute atomic E-state index is 12.2. The molecule has 7 heteroatoms. The van der Waals surface area contributed by atoms with E-state index in [-0.39, 0.29) is 18.5 Å². The van der Waals surface area contributed by atoms with Crippen LogP contribution in [0.2, 0.25) is 0 Å². The van der Waals surface area contributed by atoms with E-state index in [1.165, 1.54) is 4.90 Å². The summed E-state index contributed by atoms with van der Waals surface area (Å²) in [5, 5.41) is 0. The number of anilines is 2. The number of benzene rings is 1. The smallest absolute Gasteiger partial charge is 0.415 e. The van der Waals surface area contributed by atoms with Crippen LogP contribution in [0, 0.1) is 0 Å². The maximum Gasteiger partial charge on any atom is 0.415 e. The molecule has 0 spiro atoms. The average molecular weight is 317 g/mol. The fraction of sp³-hybridized carbons (Fsp3) is 0.438. The number of hydrogen-bond acceptors (Lipinski definition) is 4. The molecule has 0 radical (unpaired) electrons. The Morgan fingerprint density at radius 3 is 2.78 bits per heavy atom. The lowest BCUT2D eigenvalue weighted by molar-refractivity contribution is -0.124. The summed E-state index contributed by atoms with van der Waals surface area (Å²) in [5.41, 5.74) is 7.55. The number of cyclic esters (lactones) is 1. The monoisotopic (exact) mass is 317 g/mol. The average Bonchev–Trinajstić information content (AvgIpc) is 3.05. The minimum atomic E-state index is -0.936. The van der Waals surface area contributed by atoms with Crippen LogP contribution in [0.3, 0.4) is 0 Å². The quantitative estimate of drug-likeness (QED) is 0.902. The van der Waals surface area contributed by atoms with Crippen LogP contribution in [0.15, 0.2) is 18.2 Å². The number of ether oxygens (including phenoxy) is 1. The van der Waals surface area contributed by atoms with Gasteiger partial charge in [-0.2, -0.15) is 0 Å². The van der Waals surface area contributed by atoms with Crippen molar-refractivity contribution in [2.45, 2.75) is 38.8 Å². The largest absolute Gasteiger partial charge is 0.434 e. The van der Waals surface area contributed by atoms with Crippen molar-refractivity contribution in [3.05, 3.63) is 23.8 Å². The van der Waals surface area contributed by atoms with Gasteiger partial charge < -0.3 is 15.4 Å². The molecule has 122 valence electrons. The Labute approximate surface area is 134 Å².